The lowest BCUT2D eigenvalue weighted by atomic mass is 10.1. The Balaban J connectivity index is 2.09. The molecule has 0 unspecified atom stereocenters. The standard InChI is InChI=1S/C16H13F3N2O3/c1-10-7-12(5-6-14(10)21(23)24)15(22)20-9-11-3-2-4-13(8-11)16(17,18)19/h2-8H,9H2,1H3,(H,20,22). The monoisotopic (exact) mass is 338 g/mol. The maximum Gasteiger partial charge on any atom is 0.416 e. The van der Waals surface area contributed by atoms with E-state index in [1.807, 2.05) is 0 Å². The number of carbonyl (C=O) groups excluding carboxylic acids is 1. The summed E-state index contributed by atoms with van der Waals surface area (Å²) in [6, 6.07) is 8.52. The van der Waals surface area contributed by atoms with Crippen molar-refractivity contribution in [2.75, 3.05) is 0 Å². The minimum Gasteiger partial charge on any atom is -0.348 e. The van der Waals surface area contributed by atoms with E-state index in [1.54, 1.807) is 0 Å². The highest BCUT2D eigenvalue weighted by Crippen LogP contribution is 2.29. The molecule has 5 nitrogen and oxygen atoms in total. The van der Waals surface area contributed by atoms with Gasteiger partial charge in [0.25, 0.3) is 11.6 Å². The number of nitrogens with zero attached hydrogens (tertiary/aromatic N) is 1. The second-order valence-electron chi connectivity index (χ2n) is 5.14. The lowest BCUT2D eigenvalue weighted by Crippen LogP contribution is -2.23. The fourth-order valence-corrected chi connectivity index (χ4v) is 2.14. The van der Waals surface area contributed by atoms with Crippen molar-refractivity contribution in [2.45, 2.75) is 19.6 Å². The van der Waals surface area contributed by atoms with Gasteiger partial charge in [-0.3, -0.25) is 14.9 Å². The maximum absolute atomic E-state index is 12.6. The number of aryl methyl sites for hydroxylation is 1. The Kier molecular flexibility index (Phi) is 4.87. The fourth-order valence-electron chi connectivity index (χ4n) is 2.14. The summed E-state index contributed by atoms with van der Waals surface area (Å²) >= 11 is 0. The zero-order chi connectivity index (χ0) is 17.9. The maximum atomic E-state index is 12.6. The van der Waals surface area contributed by atoms with E-state index in [-0.39, 0.29) is 17.8 Å². The fraction of sp³-hybridized carbons (Fsp3) is 0.188. The van der Waals surface area contributed by atoms with Gasteiger partial charge in [0.2, 0.25) is 0 Å². The number of nitro groups is 1. The van der Waals surface area contributed by atoms with Gasteiger partial charge in [-0.05, 0) is 36.8 Å². The molecule has 2 aromatic rings. The van der Waals surface area contributed by atoms with Crippen LogP contribution in [0.15, 0.2) is 42.5 Å². The Morgan fingerprint density at radius 3 is 2.50 bits per heavy atom. The van der Waals surface area contributed by atoms with Crippen molar-refractivity contribution < 1.29 is 22.9 Å². The zero-order valence-electron chi connectivity index (χ0n) is 12.6. The van der Waals surface area contributed by atoms with Crippen LogP contribution in [0.2, 0.25) is 0 Å². The third-order valence-electron chi connectivity index (χ3n) is 3.36. The van der Waals surface area contributed by atoms with E-state index in [9.17, 15) is 28.1 Å². The predicted octanol–water partition coefficient (Wildman–Crippen LogP) is 3.85. The minimum atomic E-state index is -4.45. The number of hydrogen-bond donors (Lipinski definition) is 1. The van der Waals surface area contributed by atoms with Crippen LogP contribution in [-0.2, 0) is 12.7 Å². The number of nitrogens with one attached hydrogen (secondary N) is 1. The lowest BCUT2D eigenvalue weighted by Gasteiger charge is -2.10. The summed E-state index contributed by atoms with van der Waals surface area (Å²) in [4.78, 5) is 22.2. The summed E-state index contributed by atoms with van der Waals surface area (Å²) in [5, 5.41) is 13.2. The quantitative estimate of drug-likeness (QED) is 0.680. The van der Waals surface area contributed by atoms with Crippen LogP contribution < -0.4 is 5.32 Å². The molecule has 126 valence electrons. The van der Waals surface area contributed by atoms with Gasteiger partial charge in [0.15, 0.2) is 0 Å². The molecule has 0 bridgehead atoms. The number of benzene rings is 2. The molecular weight excluding hydrogens is 325 g/mol. The third-order valence-corrected chi connectivity index (χ3v) is 3.36. The average molecular weight is 338 g/mol. The van der Waals surface area contributed by atoms with E-state index in [1.165, 1.54) is 37.3 Å². The van der Waals surface area contributed by atoms with Crippen LogP contribution in [0.1, 0.15) is 27.0 Å². The Bertz CT molecular complexity index is 788. The summed E-state index contributed by atoms with van der Waals surface area (Å²) in [5.41, 5.74) is -0.0709. The molecule has 24 heavy (non-hydrogen) atoms. The van der Waals surface area contributed by atoms with E-state index in [0.29, 0.717) is 11.1 Å². The van der Waals surface area contributed by atoms with Crippen molar-refractivity contribution in [3.05, 3.63) is 74.8 Å². The Labute approximate surface area is 135 Å². The summed E-state index contributed by atoms with van der Waals surface area (Å²) in [6.45, 7) is 1.42. The highest BCUT2D eigenvalue weighted by molar-refractivity contribution is 5.94. The van der Waals surface area contributed by atoms with Crippen molar-refractivity contribution in [3.8, 4) is 0 Å². The largest absolute Gasteiger partial charge is 0.416 e. The van der Waals surface area contributed by atoms with Gasteiger partial charge in [-0.2, -0.15) is 13.2 Å². The summed E-state index contributed by atoms with van der Waals surface area (Å²) < 4.78 is 37.9. The summed E-state index contributed by atoms with van der Waals surface area (Å²) in [5.74, 6) is -0.523. The molecule has 8 heteroatoms. The van der Waals surface area contributed by atoms with Crippen LogP contribution in [0.3, 0.4) is 0 Å². The van der Waals surface area contributed by atoms with Gasteiger partial charge in [-0.25, -0.2) is 0 Å². The summed E-state index contributed by atoms with van der Waals surface area (Å²) in [6.07, 6.45) is -4.45. The first kappa shape index (κ1) is 17.5. The van der Waals surface area contributed by atoms with Crippen LogP contribution in [0.5, 0.6) is 0 Å². The molecule has 0 saturated heterocycles. The predicted molar refractivity (Wildman–Crippen MR) is 80.4 cm³/mol. The van der Waals surface area contributed by atoms with Crippen LogP contribution in [0, 0.1) is 17.0 Å². The van der Waals surface area contributed by atoms with Crippen molar-refractivity contribution in [1.29, 1.82) is 0 Å². The molecule has 0 fully saturated rings. The van der Waals surface area contributed by atoms with Gasteiger partial charge in [-0.1, -0.05) is 12.1 Å². The number of hydrogen-bond acceptors (Lipinski definition) is 3. The van der Waals surface area contributed by atoms with Gasteiger partial charge in [0.05, 0.1) is 10.5 Å². The van der Waals surface area contributed by atoms with E-state index in [0.717, 1.165) is 12.1 Å². The van der Waals surface area contributed by atoms with Gasteiger partial charge >= 0.3 is 6.18 Å². The first-order valence-corrected chi connectivity index (χ1v) is 6.88. The van der Waals surface area contributed by atoms with Crippen molar-refractivity contribution in [1.82, 2.24) is 5.32 Å². The molecule has 0 aromatic heterocycles. The number of carbonyl (C=O) groups is 1. The second kappa shape index (κ2) is 6.69. The van der Waals surface area contributed by atoms with Gasteiger partial charge in [-0.15, -0.1) is 0 Å². The molecule has 0 radical (unpaired) electrons. The smallest absolute Gasteiger partial charge is 0.348 e. The first-order valence-electron chi connectivity index (χ1n) is 6.88. The van der Waals surface area contributed by atoms with Gasteiger partial charge in [0.1, 0.15) is 0 Å². The summed E-state index contributed by atoms with van der Waals surface area (Å²) in [7, 11) is 0. The Hall–Kier alpha value is -2.90. The normalized spacial score (nSPS) is 11.2. The molecule has 2 aromatic carbocycles. The van der Waals surface area contributed by atoms with E-state index in [4.69, 9.17) is 0 Å². The molecule has 0 saturated carbocycles. The van der Waals surface area contributed by atoms with Gasteiger partial charge < -0.3 is 5.32 Å². The van der Waals surface area contributed by atoms with E-state index in [2.05, 4.69) is 5.32 Å². The molecule has 0 atom stereocenters. The molecule has 1 N–H and O–H groups in total. The topological polar surface area (TPSA) is 72.2 Å². The molecule has 2 rings (SSSR count). The lowest BCUT2D eigenvalue weighted by molar-refractivity contribution is -0.385. The SMILES string of the molecule is Cc1cc(C(=O)NCc2cccc(C(F)(F)F)c2)ccc1[N+](=O)[O-]. The number of nitro benzene ring substituents is 1. The van der Waals surface area contributed by atoms with E-state index < -0.39 is 22.6 Å². The Morgan fingerprint density at radius 2 is 1.92 bits per heavy atom. The van der Waals surface area contributed by atoms with Crippen LogP contribution in [-0.4, -0.2) is 10.8 Å². The van der Waals surface area contributed by atoms with Crippen LogP contribution in [0.25, 0.3) is 0 Å². The van der Waals surface area contributed by atoms with Crippen LogP contribution >= 0.6 is 0 Å². The number of alkyl halides is 3. The van der Waals surface area contributed by atoms with Crippen molar-refractivity contribution in [2.24, 2.45) is 0 Å². The molecule has 0 heterocycles. The molecule has 1 amide bonds. The molecule has 0 spiro atoms. The molecule has 0 aliphatic heterocycles. The highest BCUT2D eigenvalue weighted by Gasteiger charge is 2.30. The number of amides is 1. The molecular formula is C16H13F3N2O3. The number of halogens is 3. The van der Waals surface area contributed by atoms with Crippen molar-refractivity contribution >= 4 is 11.6 Å². The molecule has 0 aliphatic carbocycles. The second-order valence-corrected chi connectivity index (χ2v) is 5.14. The highest BCUT2D eigenvalue weighted by atomic mass is 19.4. The number of rotatable bonds is 4. The third kappa shape index (κ3) is 4.09. The zero-order valence-corrected chi connectivity index (χ0v) is 12.6. The minimum absolute atomic E-state index is 0.0845. The average Bonchev–Trinajstić information content (AvgIpc) is 2.51. The molecule has 0 aliphatic rings. The van der Waals surface area contributed by atoms with Crippen molar-refractivity contribution in [3.63, 3.8) is 0 Å². The van der Waals surface area contributed by atoms with E-state index >= 15 is 0 Å². The van der Waals surface area contributed by atoms with Crippen LogP contribution in [0.4, 0.5) is 18.9 Å². The van der Waals surface area contributed by atoms with Gasteiger partial charge in [0, 0.05) is 23.7 Å². The first-order chi connectivity index (χ1) is 11.2. The Morgan fingerprint density at radius 1 is 1.21 bits per heavy atom.